The van der Waals surface area contributed by atoms with Crippen molar-refractivity contribution in [3.63, 3.8) is 0 Å². The van der Waals surface area contributed by atoms with Crippen LogP contribution in [-0.2, 0) is 0 Å². The second-order valence-electron chi connectivity index (χ2n) is 6.62. The van der Waals surface area contributed by atoms with Crippen molar-refractivity contribution in [2.24, 2.45) is 0 Å². The third-order valence-corrected chi connectivity index (χ3v) is 5.03. The fourth-order valence-corrected chi connectivity index (χ4v) is 3.62. The molecule has 0 saturated heterocycles. The van der Waals surface area contributed by atoms with Crippen molar-refractivity contribution in [1.29, 1.82) is 0 Å². The Morgan fingerprint density at radius 1 is 0.593 bits per heavy atom. The van der Waals surface area contributed by atoms with E-state index < -0.39 is 0 Å². The second kappa shape index (κ2) is 7.16. The van der Waals surface area contributed by atoms with Gasteiger partial charge in [-0.25, -0.2) is 0 Å². The topological polar surface area (TPSA) is 18.5 Å². The van der Waals surface area contributed by atoms with Crippen LogP contribution in [0.4, 0.5) is 0 Å². The Labute approximate surface area is 160 Å². The predicted molar refractivity (Wildman–Crippen MR) is 113 cm³/mol. The Kier molecular flexibility index (Phi) is 4.55. The summed E-state index contributed by atoms with van der Waals surface area (Å²) in [6, 6.07) is 27.4. The first kappa shape index (κ1) is 17.2. The van der Waals surface area contributed by atoms with Crippen LogP contribution in [0.2, 0.25) is 0 Å². The van der Waals surface area contributed by atoms with Crippen molar-refractivity contribution in [1.82, 2.24) is 0 Å². The maximum absolute atomic E-state index is 5.34. The molecule has 0 aliphatic heterocycles. The molecule has 0 atom stereocenters. The molecule has 27 heavy (non-hydrogen) atoms. The van der Waals surface area contributed by atoms with E-state index in [4.69, 9.17) is 9.47 Å². The molecule has 0 N–H and O–H groups in total. The quantitative estimate of drug-likeness (QED) is 0.416. The zero-order valence-electron chi connectivity index (χ0n) is 15.8. The fraction of sp³-hybridized carbons (Fsp3) is 0.120. The molecule has 0 aliphatic rings. The minimum absolute atomic E-state index is 0.862. The van der Waals surface area contributed by atoms with Gasteiger partial charge in [-0.15, -0.1) is 0 Å². The number of benzene rings is 4. The van der Waals surface area contributed by atoms with E-state index in [0.29, 0.717) is 0 Å². The largest absolute Gasteiger partial charge is 0.497 e. The highest BCUT2D eigenvalue weighted by atomic mass is 16.5. The smallest absolute Gasteiger partial charge is 0.118 e. The van der Waals surface area contributed by atoms with E-state index in [-0.39, 0.29) is 0 Å². The van der Waals surface area contributed by atoms with Gasteiger partial charge in [-0.1, -0.05) is 54.6 Å². The average Bonchev–Trinajstić information content (AvgIpc) is 2.74. The van der Waals surface area contributed by atoms with E-state index >= 15 is 0 Å². The molecule has 134 valence electrons. The van der Waals surface area contributed by atoms with Crippen LogP contribution in [0.3, 0.4) is 0 Å². The van der Waals surface area contributed by atoms with E-state index in [9.17, 15) is 0 Å². The highest BCUT2D eigenvalue weighted by molar-refractivity contribution is 6.05. The van der Waals surface area contributed by atoms with Gasteiger partial charge < -0.3 is 9.47 Å². The Morgan fingerprint density at radius 3 is 1.67 bits per heavy atom. The summed E-state index contributed by atoms with van der Waals surface area (Å²) in [5.41, 5.74) is 6.09. The standard InChI is InChI=1S/C25H22O2/c1-17-16-24(18-8-12-20(26-2)13-9-18)25(23-7-5-4-6-22(17)23)19-10-14-21(27-3)15-11-19/h4-16H,1-3H3. The third kappa shape index (κ3) is 3.15. The number of hydrogen-bond donors (Lipinski definition) is 0. The highest BCUT2D eigenvalue weighted by Gasteiger charge is 2.14. The molecular formula is C25H22O2. The predicted octanol–water partition coefficient (Wildman–Crippen LogP) is 6.50. The van der Waals surface area contributed by atoms with E-state index in [0.717, 1.165) is 11.5 Å². The molecule has 0 unspecified atom stereocenters. The average molecular weight is 354 g/mol. The Bertz CT molecular complexity index is 1080. The lowest BCUT2D eigenvalue weighted by Gasteiger charge is -2.17. The zero-order chi connectivity index (χ0) is 18.8. The lowest BCUT2D eigenvalue weighted by atomic mass is 9.87. The third-order valence-electron chi connectivity index (χ3n) is 5.03. The number of aryl methyl sites for hydroxylation is 1. The van der Waals surface area contributed by atoms with E-state index in [1.165, 1.54) is 38.6 Å². The first-order chi connectivity index (χ1) is 13.2. The lowest BCUT2D eigenvalue weighted by molar-refractivity contribution is 0.414. The van der Waals surface area contributed by atoms with Crippen LogP contribution in [0.25, 0.3) is 33.0 Å². The van der Waals surface area contributed by atoms with Gasteiger partial charge in [-0.2, -0.15) is 0 Å². The molecule has 0 fully saturated rings. The number of fused-ring (bicyclic) bond motifs is 1. The molecule has 0 amide bonds. The molecular weight excluding hydrogens is 332 g/mol. The van der Waals surface area contributed by atoms with Crippen molar-refractivity contribution in [3.8, 4) is 33.8 Å². The van der Waals surface area contributed by atoms with Crippen LogP contribution in [-0.4, -0.2) is 14.2 Å². The number of ether oxygens (including phenoxy) is 2. The van der Waals surface area contributed by atoms with E-state index in [2.05, 4.69) is 61.5 Å². The van der Waals surface area contributed by atoms with Crippen LogP contribution < -0.4 is 9.47 Å². The fourth-order valence-electron chi connectivity index (χ4n) is 3.62. The molecule has 0 aliphatic carbocycles. The van der Waals surface area contributed by atoms with Gasteiger partial charge in [0, 0.05) is 0 Å². The van der Waals surface area contributed by atoms with Gasteiger partial charge in [-0.05, 0) is 69.8 Å². The molecule has 4 rings (SSSR count). The number of rotatable bonds is 4. The summed E-state index contributed by atoms with van der Waals surface area (Å²) in [4.78, 5) is 0. The second-order valence-corrected chi connectivity index (χ2v) is 6.62. The first-order valence-corrected chi connectivity index (χ1v) is 9.02. The summed E-state index contributed by atoms with van der Waals surface area (Å²) in [6.07, 6.45) is 0. The van der Waals surface area contributed by atoms with Gasteiger partial charge in [0.15, 0.2) is 0 Å². The van der Waals surface area contributed by atoms with Gasteiger partial charge in [0.05, 0.1) is 14.2 Å². The molecule has 0 bridgehead atoms. The SMILES string of the molecule is COc1ccc(-c2cc(C)c3ccccc3c2-c2ccc(OC)cc2)cc1. The van der Waals surface area contributed by atoms with Crippen LogP contribution in [0, 0.1) is 6.92 Å². The summed E-state index contributed by atoms with van der Waals surface area (Å²) in [7, 11) is 3.39. The summed E-state index contributed by atoms with van der Waals surface area (Å²) in [5.74, 6) is 1.73. The van der Waals surface area contributed by atoms with E-state index in [1.807, 2.05) is 24.3 Å². The van der Waals surface area contributed by atoms with Crippen molar-refractivity contribution >= 4 is 10.8 Å². The molecule has 0 radical (unpaired) electrons. The summed E-state index contributed by atoms with van der Waals surface area (Å²) in [5, 5.41) is 2.54. The van der Waals surface area contributed by atoms with Crippen LogP contribution >= 0.6 is 0 Å². The van der Waals surface area contributed by atoms with Gasteiger partial charge in [0.25, 0.3) is 0 Å². The zero-order valence-corrected chi connectivity index (χ0v) is 15.8. The van der Waals surface area contributed by atoms with Gasteiger partial charge >= 0.3 is 0 Å². The maximum atomic E-state index is 5.34. The molecule has 0 aromatic heterocycles. The normalized spacial score (nSPS) is 10.8. The number of hydrogen-bond acceptors (Lipinski definition) is 2. The maximum Gasteiger partial charge on any atom is 0.118 e. The highest BCUT2D eigenvalue weighted by Crippen LogP contribution is 2.40. The van der Waals surface area contributed by atoms with E-state index in [1.54, 1.807) is 14.2 Å². The monoisotopic (exact) mass is 354 g/mol. The molecule has 0 saturated carbocycles. The van der Waals surface area contributed by atoms with Gasteiger partial charge in [0.2, 0.25) is 0 Å². The van der Waals surface area contributed by atoms with Crippen LogP contribution in [0.1, 0.15) is 5.56 Å². The minimum Gasteiger partial charge on any atom is -0.497 e. The first-order valence-electron chi connectivity index (χ1n) is 9.02. The van der Waals surface area contributed by atoms with Crippen LogP contribution in [0.15, 0.2) is 78.9 Å². The summed E-state index contributed by atoms with van der Waals surface area (Å²) < 4.78 is 10.7. The van der Waals surface area contributed by atoms with Crippen molar-refractivity contribution in [2.45, 2.75) is 6.92 Å². The molecule has 4 aromatic rings. The molecule has 2 heteroatoms. The van der Waals surface area contributed by atoms with Crippen molar-refractivity contribution in [3.05, 3.63) is 84.4 Å². The summed E-state index contributed by atoms with van der Waals surface area (Å²) >= 11 is 0. The molecule has 4 aromatic carbocycles. The van der Waals surface area contributed by atoms with Gasteiger partial charge in [0.1, 0.15) is 11.5 Å². The minimum atomic E-state index is 0.862. The Hall–Kier alpha value is -3.26. The van der Waals surface area contributed by atoms with Crippen molar-refractivity contribution in [2.75, 3.05) is 14.2 Å². The van der Waals surface area contributed by atoms with Crippen LogP contribution in [0.5, 0.6) is 11.5 Å². The molecule has 0 heterocycles. The lowest BCUT2D eigenvalue weighted by Crippen LogP contribution is -1.92. The van der Waals surface area contributed by atoms with Crippen molar-refractivity contribution < 1.29 is 9.47 Å². The molecule has 0 spiro atoms. The number of methoxy groups -OCH3 is 2. The Morgan fingerprint density at radius 2 is 1.11 bits per heavy atom. The summed E-state index contributed by atoms with van der Waals surface area (Å²) in [6.45, 7) is 2.17. The van der Waals surface area contributed by atoms with Gasteiger partial charge in [-0.3, -0.25) is 0 Å². The molecule has 2 nitrogen and oxygen atoms in total. The Balaban J connectivity index is 2.01.